The van der Waals surface area contributed by atoms with Gasteiger partial charge in [-0.05, 0) is 29.7 Å². The molecule has 20 heavy (non-hydrogen) atoms. The van der Waals surface area contributed by atoms with E-state index in [1.807, 2.05) is 49.4 Å². The molecule has 0 unspecified atom stereocenters. The molecule has 0 radical (unpaired) electrons. The Morgan fingerprint density at radius 2 is 1.60 bits per heavy atom. The van der Waals surface area contributed by atoms with Crippen molar-refractivity contribution < 1.29 is 14.3 Å². The molecule has 0 saturated heterocycles. The van der Waals surface area contributed by atoms with E-state index in [-0.39, 0.29) is 5.97 Å². The van der Waals surface area contributed by atoms with E-state index >= 15 is 0 Å². The fourth-order valence-electron chi connectivity index (χ4n) is 1.95. The van der Waals surface area contributed by atoms with E-state index in [0.717, 1.165) is 11.1 Å². The van der Waals surface area contributed by atoms with Crippen molar-refractivity contribution in [2.75, 3.05) is 7.11 Å². The lowest BCUT2D eigenvalue weighted by molar-refractivity contribution is -0.148. The molecule has 0 N–H and O–H groups in total. The van der Waals surface area contributed by atoms with Gasteiger partial charge in [0.2, 0.25) is 0 Å². The van der Waals surface area contributed by atoms with Crippen molar-refractivity contribution in [3.8, 4) is 16.9 Å². The second-order valence-electron chi connectivity index (χ2n) is 4.43. The zero-order chi connectivity index (χ0) is 14.4. The highest BCUT2D eigenvalue weighted by Crippen LogP contribution is 2.23. The molecule has 3 heteroatoms. The quantitative estimate of drug-likeness (QED) is 0.777. The maximum atomic E-state index is 11.5. The van der Waals surface area contributed by atoms with Crippen molar-refractivity contribution in [1.82, 2.24) is 0 Å². The number of rotatable bonds is 5. The van der Waals surface area contributed by atoms with Crippen LogP contribution in [0.4, 0.5) is 0 Å². The Bertz CT molecular complexity index is 546. The zero-order valence-electron chi connectivity index (χ0n) is 11.7. The Kier molecular flexibility index (Phi) is 4.77. The van der Waals surface area contributed by atoms with E-state index in [2.05, 4.69) is 12.1 Å². The van der Waals surface area contributed by atoms with Gasteiger partial charge in [-0.2, -0.15) is 0 Å². The lowest BCUT2D eigenvalue weighted by atomic mass is 10.1. The summed E-state index contributed by atoms with van der Waals surface area (Å²) in [6.45, 7) is 1.89. The van der Waals surface area contributed by atoms with Crippen molar-refractivity contribution in [1.29, 1.82) is 0 Å². The lowest BCUT2D eigenvalue weighted by Crippen LogP contribution is -2.27. The second kappa shape index (κ2) is 6.75. The minimum absolute atomic E-state index is 0.348. The summed E-state index contributed by atoms with van der Waals surface area (Å²) < 4.78 is 10.3. The van der Waals surface area contributed by atoms with Crippen LogP contribution in [-0.2, 0) is 9.53 Å². The van der Waals surface area contributed by atoms with Gasteiger partial charge in [0, 0.05) is 0 Å². The lowest BCUT2D eigenvalue weighted by Gasteiger charge is -2.15. The van der Waals surface area contributed by atoms with E-state index in [4.69, 9.17) is 9.47 Å². The van der Waals surface area contributed by atoms with Crippen LogP contribution in [0.25, 0.3) is 11.1 Å². The number of methoxy groups -OCH3 is 1. The van der Waals surface area contributed by atoms with Gasteiger partial charge >= 0.3 is 5.97 Å². The van der Waals surface area contributed by atoms with Gasteiger partial charge in [0.1, 0.15) is 5.75 Å². The molecule has 0 aliphatic heterocycles. The van der Waals surface area contributed by atoms with Crippen LogP contribution in [0.3, 0.4) is 0 Å². The third kappa shape index (κ3) is 3.38. The molecule has 3 nitrogen and oxygen atoms in total. The van der Waals surface area contributed by atoms with Gasteiger partial charge in [-0.25, -0.2) is 4.79 Å². The number of esters is 1. The maximum Gasteiger partial charge on any atom is 0.347 e. The SMILES string of the molecule is CC[C@H](Oc1ccc(-c2ccccc2)cc1)C(=O)OC. The number of hydrogen-bond donors (Lipinski definition) is 0. The molecule has 0 amide bonds. The molecular weight excluding hydrogens is 252 g/mol. The van der Waals surface area contributed by atoms with Gasteiger partial charge in [-0.1, -0.05) is 49.4 Å². The van der Waals surface area contributed by atoms with Crippen molar-refractivity contribution in [2.45, 2.75) is 19.4 Å². The summed E-state index contributed by atoms with van der Waals surface area (Å²) in [5.74, 6) is 0.321. The van der Waals surface area contributed by atoms with Crippen LogP contribution >= 0.6 is 0 Å². The molecule has 2 aromatic carbocycles. The number of hydrogen-bond acceptors (Lipinski definition) is 3. The van der Waals surface area contributed by atoms with Crippen LogP contribution in [0.1, 0.15) is 13.3 Å². The third-order valence-corrected chi connectivity index (χ3v) is 3.07. The summed E-state index contributed by atoms with van der Waals surface area (Å²) in [7, 11) is 1.37. The molecule has 1 atom stereocenters. The summed E-state index contributed by atoms with van der Waals surface area (Å²) in [5, 5.41) is 0. The van der Waals surface area contributed by atoms with Crippen LogP contribution in [-0.4, -0.2) is 19.2 Å². The van der Waals surface area contributed by atoms with Crippen LogP contribution < -0.4 is 4.74 Å². The van der Waals surface area contributed by atoms with Gasteiger partial charge in [-0.15, -0.1) is 0 Å². The Hall–Kier alpha value is -2.29. The molecule has 0 heterocycles. The van der Waals surface area contributed by atoms with Crippen molar-refractivity contribution >= 4 is 5.97 Å². The Morgan fingerprint density at radius 3 is 2.15 bits per heavy atom. The molecule has 0 fully saturated rings. The molecule has 104 valence electrons. The first-order valence-corrected chi connectivity index (χ1v) is 6.64. The van der Waals surface area contributed by atoms with E-state index < -0.39 is 6.10 Å². The van der Waals surface area contributed by atoms with Gasteiger partial charge in [0.15, 0.2) is 6.10 Å². The molecule has 0 aliphatic carbocycles. The average Bonchev–Trinajstić information content (AvgIpc) is 2.53. The fourth-order valence-corrected chi connectivity index (χ4v) is 1.95. The molecule has 0 aliphatic rings. The monoisotopic (exact) mass is 270 g/mol. The predicted octanol–water partition coefficient (Wildman–Crippen LogP) is 3.68. The predicted molar refractivity (Wildman–Crippen MR) is 78.6 cm³/mol. The van der Waals surface area contributed by atoms with Crippen LogP contribution in [0.5, 0.6) is 5.75 Å². The highest BCUT2D eigenvalue weighted by atomic mass is 16.6. The minimum Gasteiger partial charge on any atom is -0.479 e. The first kappa shape index (κ1) is 14.1. The molecule has 0 bridgehead atoms. The van der Waals surface area contributed by atoms with Gasteiger partial charge in [-0.3, -0.25) is 0 Å². The number of benzene rings is 2. The first-order chi connectivity index (χ1) is 9.74. The largest absolute Gasteiger partial charge is 0.479 e. The van der Waals surface area contributed by atoms with Crippen molar-refractivity contribution in [3.63, 3.8) is 0 Å². The van der Waals surface area contributed by atoms with E-state index in [0.29, 0.717) is 12.2 Å². The average molecular weight is 270 g/mol. The summed E-state index contributed by atoms with van der Waals surface area (Å²) in [6.07, 6.45) is 0.0233. The van der Waals surface area contributed by atoms with Gasteiger partial charge < -0.3 is 9.47 Å². The number of ether oxygens (including phenoxy) is 2. The smallest absolute Gasteiger partial charge is 0.347 e. The summed E-state index contributed by atoms with van der Waals surface area (Å²) >= 11 is 0. The van der Waals surface area contributed by atoms with E-state index in [1.54, 1.807) is 0 Å². The summed E-state index contributed by atoms with van der Waals surface area (Å²) in [5.41, 5.74) is 2.27. The van der Waals surface area contributed by atoms with Gasteiger partial charge in [0.25, 0.3) is 0 Å². The van der Waals surface area contributed by atoms with Crippen molar-refractivity contribution in [2.24, 2.45) is 0 Å². The normalized spacial score (nSPS) is 11.7. The van der Waals surface area contributed by atoms with Gasteiger partial charge in [0.05, 0.1) is 7.11 Å². The maximum absolute atomic E-state index is 11.5. The topological polar surface area (TPSA) is 35.5 Å². The Morgan fingerprint density at radius 1 is 1.00 bits per heavy atom. The fraction of sp³-hybridized carbons (Fsp3) is 0.235. The highest BCUT2D eigenvalue weighted by Gasteiger charge is 2.18. The minimum atomic E-state index is -0.553. The summed E-state index contributed by atoms with van der Waals surface area (Å²) in [6, 6.07) is 17.8. The summed E-state index contributed by atoms with van der Waals surface area (Å²) in [4.78, 5) is 11.5. The Labute approximate surface area is 119 Å². The standard InChI is InChI=1S/C17H18O3/c1-3-16(17(18)19-2)20-15-11-9-14(10-12-15)13-7-5-4-6-8-13/h4-12,16H,3H2,1-2H3/t16-/m0/s1. The molecular formula is C17H18O3. The molecule has 2 rings (SSSR count). The number of carbonyl (C=O) groups is 1. The number of carbonyl (C=O) groups excluding carboxylic acids is 1. The van der Waals surface area contributed by atoms with Crippen LogP contribution in [0, 0.1) is 0 Å². The zero-order valence-corrected chi connectivity index (χ0v) is 11.7. The molecule has 0 saturated carbocycles. The van der Waals surface area contributed by atoms with Crippen LogP contribution in [0.2, 0.25) is 0 Å². The Balaban J connectivity index is 2.10. The van der Waals surface area contributed by atoms with Crippen molar-refractivity contribution in [3.05, 3.63) is 54.6 Å². The molecule has 2 aromatic rings. The molecule has 0 spiro atoms. The third-order valence-electron chi connectivity index (χ3n) is 3.07. The second-order valence-corrected chi connectivity index (χ2v) is 4.43. The van der Waals surface area contributed by atoms with E-state index in [9.17, 15) is 4.79 Å². The highest BCUT2D eigenvalue weighted by molar-refractivity contribution is 5.75. The molecule has 0 aromatic heterocycles. The first-order valence-electron chi connectivity index (χ1n) is 6.64. The van der Waals surface area contributed by atoms with E-state index in [1.165, 1.54) is 7.11 Å². The van der Waals surface area contributed by atoms with Crippen LogP contribution in [0.15, 0.2) is 54.6 Å².